The summed E-state index contributed by atoms with van der Waals surface area (Å²) in [4.78, 5) is 45.6. The number of nitrogens with zero attached hydrogens (tertiary/aromatic N) is 3. The van der Waals surface area contributed by atoms with Crippen molar-refractivity contribution in [2.75, 3.05) is 25.0 Å². The van der Waals surface area contributed by atoms with Crippen molar-refractivity contribution in [2.24, 2.45) is 5.73 Å². The summed E-state index contributed by atoms with van der Waals surface area (Å²) >= 11 is 0. The highest BCUT2D eigenvalue weighted by molar-refractivity contribution is 5.98. The van der Waals surface area contributed by atoms with E-state index in [9.17, 15) is 19.5 Å². The molecule has 0 bridgehead atoms. The number of aromatic nitrogens is 2. The van der Waals surface area contributed by atoms with Crippen LogP contribution in [-0.2, 0) is 25.7 Å². The molecule has 5 N–H and O–H groups in total. The summed E-state index contributed by atoms with van der Waals surface area (Å²) in [6.45, 7) is 4.19. The Morgan fingerprint density at radius 2 is 1.71 bits per heavy atom. The van der Waals surface area contributed by atoms with Crippen LogP contribution in [0.3, 0.4) is 0 Å². The number of hydrogen-bond donors (Lipinski definition) is 4. The molecule has 1 fully saturated rings. The second-order valence-corrected chi connectivity index (χ2v) is 10.8. The molecular weight excluding hydrogens is 524 g/mol. The van der Waals surface area contributed by atoms with Crippen LogP contribution in [0.2, 0.25) is 0 Å². The number of aliphatic hydroxyl groups is 1. The lowest BCUT2D eigenvalue weighted by Crippen LogP contribution is -2.56. The topological polar surface area (TPSA) is 152 Å². The lowest BCUT2D eigenvalue weighted by molar-refractivity contribution is -0.135. The summed E-state index contributed by atoms with van der Waals surface area (Å²) in [5.74, 6) is -0.948. The van der Waals surface area contributed by atoms with E-state index in [1.165, 1.54) is 6.33 Å². The summed E-state index contributed by atoms with van der Waals surface area (Å²) in [7, 11) is 0. The first-order valence-electron chi connectivity index (χ1n) is 13.7. The molecule has 0 radical (unpaired) electrons. The van der Waals surface area contributed by atoms with E-state index in [4.69, 9.17) is 10.5 Å². The van der Waals surface area contributed by atoms with E-state index in [-0.39, 0.29) is 24.9 Å². The SMILES string of the molecule is CC(C)(N)C(=O)NC(COCc1ccccc1)C(=O)Nc1cn(C(C(=O)N2CCC(O)CC2)c2ccccc2)cn1. The van der Waals surface area contributed by atoms with Crippen LogP contribution in [0.15, 0.2) is 73.2 Å². The van der Waals surface area contributed by atoms with Crippen molar-refractivity contribution < 1.29 is 24.2 Å². The van der Waals surface area contributed by atoms with Gasteiger partial charge in [0, 0.05) is 19.3 Å². The van der Waals surface area contributed by atoms with Gasteiger partial charge in [-0.15, -0.1) is 0 Å². The smallest absolute Gasteiger partial charge is 0.250 e. The number of carbonyl (C=O) groups is 3. The van der Waals surface area contributed by atoms with Gasteiger partial charge in [0.15, 0.2) is 5.82 Å². The predicted molar refractivity (Wildman–Crippen MR) is 154 cm³/mol. The molecule has 11 nitrogen and oxygen atoms in total. The molecule has 1 saturated heterocycles. The van der Waals surface area contributed by atoms with Crippen LogP contribution in [0, 0.1) is 0 Å². The van der Waals surface area contributed by atoms with Crippen LogP contribution in [0.4, 0.5) is 5.82 Å². The van der Waals surface area contributed by atoms with Crippen molar-refractivity contribution in [3.8, 4) is 0 Å². The number of hydrogen-bond acceptors (Lipinski definition) is 7. The fraction of sp³-hybridized carbons (Fsp3) is 0.400. The molecule has 2 atom stereocenters. The fourth-order valence-electron chi connectivity index (χ4n) is 4.49. The normalized spacial score (nSPS) is 15.7. The third kappa shape index (κ3) is 8.23. The first-order valence-corrected chi connectivity index (χ1v) is 13.7. The number of amides is 3. The molecule has 2 heterocycles. The maximum atomic E-state index is 13.6. The van der Waals surface area contributed by atoms with Gasteiger partial charge >= 0.3 is 0 Å². The van der Waals surface area contributed by atoms with E-state index in [1.54, 1.807) is 29.5 Å². The van der Waals surface area contributed by atoms with Gasteiger partial charge in [0.05, 0.1) is 31.2 Å². The molecule has 0 saturated carbocycles. The summed E-state index contributed by atoms with van der Waals surface area (Å²) in [6.07, 6.45) is 3.73. The maximum Gasteiger partial charge on any atom is 0.250 e. The van der Waals surface area contributed by atoms with Gasteiger partial charge in [-0.05, 0) is 37.8 Å². The standard InChI is InChI=1S/C30H38N6O5/c1-30(2,31)29(40)33-24(19-41-18-21-9-5-3-6-10-21)27(38)34-25-17-36(20-32-25)26(22-11-7-4-8-12-22)28(39)35-15-13-23(37)14-16-35/h3-12,17,20,23-24,26,37H,13-16,18-19,31H2,1-2H3,(H,33,40)(H,34,38). The molecule has 1 aliphatic rings. The molecule has 3 aromatic rings. The number of piperidine rings is 1. The largest absolute Gasteiger partial charge is 0.393 e. The Bertz CT molecular complexity index is 1300. The van der Waals surface area contributed by atoms with Crippen LogP contribution in [-0.4, -0.2) is 74.7 Å². The number of nitrogens with one attached hydrogen (secondary N) is 2. The van der Waals surface area contributed by atoms with Gasteiger partial charge in [0.2, 0.25) is 11.8 Å². The van der Waals surface area contributed by atoms with Crippen LogP contribution in [0.1, 0.15) is 43.9 Å². The van der Waals surface area contributed by atoms with Crippen molar-refractivity contribution in [1.82, 2.24) is 19.8 Å². The van der Waals surface area contributed by atoms with Crippen molar-refractivity contribution in [2.45, 2.75) is 57.0 Å². The highest BCUT2D eigenvalue weighted by Gasteiger charge is 2.31. The van der Waals surface area contributed by atoms with Gasteiger partial charge in [0.25, 0.3) is 5.91 Å². The van der Waals surface area contributed by atoms with E-state index in [2.05, 4.69) is 15.6 Å². The van der Waals surface area contributed by atoms with E-state index in [0.717, 1.165) is 11.1 Å². The molecule has 1 aliphatic heterocycles. The van der Waals surface area contributed by atoms with Crippen LogP contribution >= 0.6 is 0 Å². The molecule has 0 spiro atoms. The molecule has 2 unspecified atom stereocenters. The number of benzene rings is 2. The summed E-state index contributed by atoms with van der Waals surface area (Å²) in [5.41, 5.74) is 6.43. The first kappa shape index (κ1) is 29.9. The highest BCUT2D eigenvalue weighted by atomic mass is 16.5. The minimum absolute atomic E-state index is 0.0881. The molecule has 1 aromatic heterocycles. The Morgan fingerprint density at radius 1 is 1.07 bits per heavy atom. The second kappa shape index (κ2) is 13.5. The maximum absolute atomic E-state index is 13.6. The minimum atomic E-state index is -1.20. The Balaban J connectivity index is 1.49. The summed E-state index contributed by atoms with van der Waals surface area (Å²) in [6, 6.07) is 17.1. The van der Waals surface area contributed by atoms with Crippen LogP contribution in [0.25, 0.3) is 0 Å². The Hall–Kier alpha value is -4.06. The fourth-order valence-corrected chi connectivity index (χ4v) is 4.49. The number of aliphatic hydroxyl groups excluding tert-OH is 1. The van der Waals surface area contributed by atoms with Crippen molar-refractivity contribution in [3.05, 3.63) is 84.3 Å². The first-order chi connectivity index (χ1) is 19.6. The number of carbonyl (C=O) groups excluding carboxylic acids is 3. The van der Waals surface area contributed by atoms with Crippen molar-refractivity contribution in [3.63, 3.8) is 0 Å². The van der Waals surface area contributed by atoms with E-state index in [1.807, 2.05) is 60.7 Å². The van der Waals surface area contributed by atoms with E-state index < -0.39 is 35.5 Å². The molecule has 11 heteroatoms. The lowest BCUT2D eigenvalue weighted by atomic mass is 10.0. The van der Waals surface area contributed by atoms with Gasteiger partial charge in [-0.3, -0.25) is 14.4 Å². The summed E-state index contributed by atoms with van der Waals surface area (Å²) < 4.78 is 7.41. The van der Waals surface area contributed by atoms with Crippen molar-refractivity contribution >= 4 is 23.5 Å². The second-order valence-electron chi connectivity index (χ2n) is 10.8. The number of anilines is 1. The molecular formula is C30H38N6O5. The van der Waals surface area contributed by atoms with Crippen LogP contribution < -0.4 is 16.4 Å². The molecule has 218 valence electrons. The Morgan fingerprint density at radius 3 is 2.34 bits per heavy atom. The third-order valence-electron chi connectivity index (χ3n) is 6.88. The molecule has 0 aliphatic carbocycles. The van der Waals surface area contributed by atoms with Gasteiger partial charge in [0.1, 0.15) is 12.1 Å². The number of likely N-dealkylation sites (tertiary alicyclic amines) is 1. The Labute approximate surface area is 239 Å². The number of nitrogens with two attached hydrogens (primary N) is 1. The molecule has 2 aromatic carbocycles. The van der Waals surface area contributed by atoms with Gasteiger partial charge in [-0.1, -0.05) is 60.7 Å². The zero-order valence-electron chi connectivity index (χ0n) is 23.4. The van der Waals surface area contributed by atoms with Crippen LogP contribution in [0.5, 0.6) is 0 Å². The zero-order valence-corrected chi connectivity index (χ0v) is 23.4. The number of rotatable bonds is 11. The number of imidazole rings is 1. The highest BCUT2D eigenvalue weighted by Crippen LogP contribution is 2.24. The monoisotopic (exact) mass is 562 g/mol. The van der Waals surface area contributed by atoms with Gasteiger partial charge in [-0.25, -0.2) is 4.98 Å². The Kier molecular flexibility index (Phi) is 9.87. The van der Waals surface area contributed by atoms with E-state index >= 15 is 0 Å². The zero-order chi connectivity index (χ0) is 29.4. The predicted octanol–water partition coefficient (Wildman–Crippen LogP) is 1.83. The molecule has 41 heavy (non-hydrogen) atoms. The molecule has 3 amide bonds. The summed E-state index contributed by atoms with van der Waals surface area (Å²) in [5, 5.41) is 15.3. The van der Waals surface area contributed by atoms with Gasteiger partial charge in [-0.2, -0.15) is 0 Å². The van der Waals surface area contributed by atoms with Crippen molar-refractivity contribution in [1.29, 1.82) is 0 Å². The quantitative estimate of drug-likeness (QED) is 0.278. The average Bonchev–Trinajstić information content (AvgIpc) is 3.41. The lowest BCUT2D eigenvalue weighted by Gasteiger charge is -2.33. The third-order valence-corrected chi connectivity index (χ3v) is 6.88. The molecule has 4 rings (SSSR count). The van der Waals surface area contributed by atoms with Gasteiger partial charge < -0.3 is 35.7 Å². The minimum Gasteiger partial charge on any atom is -0.393 e. The average molecular weight is 563 g/mol. The van der Waals surface area contributed by atoms with E-state index in [0.29, 0.717) is 25.9 Å². The number of ether oxygens (including phenoxy) is 1.